The van der Waals surface area contributed by atoms with E-state index in [1.54, 1.807) is 6.20 Å². The number of aromatic nitrogens is 5. The molecular formula is C19H16N6. The van der Waals surface area contributed by atoms with Crippen LogP contribution in [0.3, 0.4) is 0 Å². The van der Waals surface area contributed by atoms with Gasteiger partial charge < -0.3 is 10.3 Å². The summed E-state index contributed by atoms with van der Waals surface area (Å²) in [6, 6.07) is 14.0. The highest BCUT2D eigenvalue weighted by Gasteiger charge is 2.08. The number of nitrogens with one attached hydrogen (secondary N) is 2. The van der Waals surface area contributed by atoms with Gasteiger partial charge in [-0.15, -0.1) is 0 Å². The molecule has 0 fully saturated rings. The fraction of sp³-hybridized carbons (Fsp3) is 0.0526. The Morgan fingerprint density at radius 2 is 1.92 bits per heavy atom. The maximum absolute atomic E-state index is 4.50. The molecule has 0 radical (unpaired) electrons. The van der Waals surface area contributed by atoms with Gasteiger partial charge in [0.1, 0.15) is 17.7 Å². The molecule has 1 aromatic carbocycles. The van der Waals surface area contributed by atoms with E-state index in [9.17, 15) is 0 Å². The minimum Gasteiger partial charge on any atom is -0.364 e. The van der Waals surface area contributed by atoms with Gasteiger partial charge in [0.25, 0.3) is 0 Å². The Labute approximate surface area is 144 Å². The highest BCUT2D eigenvalue weighted by molar-refractivity contribution is 5.84. The Morgan fingerprint density at radius 3 is 2.76 bits per heavy atom. The molecule has 3 aromatic heterocycles. The summed E-state index contributed by atoms with van der Waals surface area (Å²) < 4.78 is 0. The summed E-state index contributed by atoms with van der Waals surface area (Å²) in [5, 5.41) is 3.30. The van der Waals surface area contributed by atoms with E-state index in [0.29, 0.717) is 12.2 Å². The van der Waals surface area contributed by atoms with Crippen molar-refractivity contribution in [1.29, 1.82) is 0 Å². The number of benzene rings is 1. The van der Waals surface area contributed by atoms with Crippen LogP contribution in [0.5, 0.6) is 0 Å². The minimum absolute atomic E-state index is 0.633. The standard InChI is InChI=1S/C19H16N6/c1-2-5-14(6-3-1)8-9-16-24-17-18(22-13-23-19(17)25-16)21-12-15-7-4-10-20-11-15/h1-11,13H,12H2,(H2,21,22,23,24,25)/b9-8+. The Kier molecular flexibility index (Phi) is 4.16. The summed E-state index contributed by atoms with van der Waals surface area (Å²) >= 11 is 0. The van der Waals surface area contributed by atoms with E-state index in [1.165, 1.54) is 6.33 Å². The van der Waals surface area contributed by atoms with Crippen molar-refractivity contribution in [3.8, 4) is 0 Å². The molecule has 0 saturated carbocycles. The normalized spacial score (nSPS) is 11.2. The number of nitrogens with zero attached hydrogens (tertiary/aromatic N) is 4. The van der Waals surface area contributed by atoms with E-state index in [2.05, 4.69) is 30.2 Å². The second-order valence-corrected chi connectivity index (χ2v) is 5.50. The summed E-state index contributed by atoms with van der Waals surface area (Å²) in [5.74, 6) is 1.46. The summed E-state index contributed by atoms with van der Waals surface area (Å²) in [4.78, 5) is 20.4. The van der Waals surface area contributed by atoms with Gasteiger partial charge in [0.2, 0.25) is 0 Å². The maximum atomic E-state index is 4.50. The van der Waals surface area contributed by atoms with Crippen LogP contribution in [-0.4, -0.2) is 24.9 Å². The van der Waals surface area contributed by atoms with Crippen LogP contribution >= 0.6 is 0 Å². The zero-order chi connectivity index (χ0) is 16.9. The van der Waals surface area contributed by atoms with Gasteiger partial charge in [-0.05, 0) is 23.3 Å². The van der Waals surface area contributed by atoms with Crippen LogP contribution in [0.1, 0.15) is 17.0 Å². The zero-order valence-corrected chi connectivity index (χ0v) is 13.4. The van der Waals surface area contributed by atoms with E-state index in [-0.39, 0.29) is 0 Å². The number of hydrogen-bond acceptors (Lipinski definition) is 5. The summed E-state index contributed by atoms with van der Waals surface area (Å²) in [6.45, 7) is 0.633. The highest BCUT2D eigenvalue weighted by atomic mass is 15.1. The molecule has 0 aliphatic carbocycles. The molecule has 0 aliphatic heterocycles. The van der Waals surface area contributed by atoms with Crippen molar-refractivity contribution in [1.82, 2.24) is 24.9 Å². The third-order valence-electron chi connectivity index (χ3n) is 3.72. The molecule has 4 aromatic rings. The summed E-state index contributed by atoms with van der Waals surface area (Å²) in [7, 11) is 0. The number of rotatable bonds is 5. The lowest BCUT2D eigenvalue weighted by molar-refractivity contribution is 1.08. The lowest BCUT2D eigenvalue weighted by Gasteiger charge is -2.05. The van der Waals surface area contributed by atoms with Crippen molar-refractivity contribution < 1.29 is 0 Å². The third-order valence-corrected chi connectivity index (χ3v) is 3.72. The number of hydrogen-bond donors (Lipinski definition) is 2. The fourth-order valence-electron chi connectivity index (χ4n) is 2.49. The molecule has 0 spiro atoms. The lowest BCUT2D eigenvalue weighted by Crippen LogP contribution is -2.02. The Bertz CT molecular complexity index is 992. The van der Waals surface area contributed by atoms with Gasteiger partial charge >= 0.3 is 0 Å². The van der Waals surface area contributed by atoms with Crippen LogP contribution in [-0.2, 0) is 6.54 Å². The van der Waals surface area contributed by atoms with E-state index < -0.39 is 0 Å². The van der Waals surface area contributed by atoms with Gasteiger partial charge in [0.15, 0.2) is 11.5 Å². The first-order valence-electron chi connectivity index (χ1n) is 7.95. The largest absolute Gasteiger partial charge is 0.364 e. The molecule has 4 rings (SSSR count). The number of imidazole rings is 1. The molecule has 6 nitrogen and oxygen atoms in total. The molecule has 122 valence electrons. The van der Waals surface area contributed by atoms with Crippen LogP contribution in [0.25, 0.3) is 23.3 Å². The molecule has 25 heavy (non-hydrogen) atoms. The molecular weight excluding hydrogens is 312 g/mol. The van der Waals surface area contributed by atoms with Crippen molar-refractivity contribution in [2.24, 2.45) is 0 Å². The number of H-pyrrole nitrogens is 1. The van der Waals surface area contributed by atoms with Gasteiger partial charge in [-0.1, -0.05) is 42.5 Å². The topological polar surface area (TPSA) is 79.4 Å². The van der Waals surface area contributed by atoms with Crippen molar-refractivity contribution in [2.45, 2.75) is 6.54 Å². The first kappa shape index (κ1) is 15.0. The summed E-state index contributed by atoms with van der Waals surface area (Å²) in [6.07, 6.45) is 9.04. The van der Waals surface area contributed by atoms with Crippen molar-refractivity contribution >= 4 is 29.1 Å². The lowest BCUT2D eigenvalue weighted by atomic mass is 10.2. The minimum atomic E-state index is 0.633. The third kappa shape index (κ3) is 3.53. The molecule has 6 heteroatoms. The van der Waals surface area contributed by atoms with Crippen molar-refractivity contribution in [3.63, 3.8) is 0 Å². The molecule has 0 atom stereocenters. The van der Waals surface area contributed by atoms with Crippen LogP contribution in [0.15, 0.2) is 61.2 Å². The monoisotopic (exact) mass is 328 g/mol. The predicted molar refractivity (Wildman–Crippen MR) is 98.6 cm³/mol. The Morgan fingerprint density at radius 1 is 1.00 bits per heavy atom. The second kappa shape index (κ2) is 6.92. The smallest absolute Gasteiger partial charge is 0.183 e. The van der Waals surface area contributed by atoms with Crippen LogP contribution in [0.2, 0.25) is 0 Å². The Balaban J connectivity index is 1.57. The van der Waals surface area contributed by atoms with Crippen molar-refractivity contribution in [2.75, 3.05) is 5.32 Å². The van der Waals surface area contributed by atoms with E-state index in [4.69, 9.17) is 0 Å². The van der Waals surface area contributed by atoms with E-state index in [0.717, 1.165) is 28.3 Å². The number of anilines is 1. The first-order chi connectivity index (χ1) is 12.4. The Hall–Kier alpha value is -3.54. The van der Waals surface area contributed by atoms with Crippen LogP contribution in [0.4, 0.5) is 5.82 Å². The number of fused-ring (bicyclic) bond motifs is 1. The average Bonchev–Trinajstić information content (AvgIpc) is 3.10. The van der Waals surface area contributed by atoms with Gasteiger partial charge in [-0.2, -0.15) is 0 Å². The predicted octanol–water partition coefficient (Wildman–Crippen LogP) is 3.53. The molecule has 2 N–H and O–H groups in total. The van der Waals surface area contributed by atoms with Crippen LogP contribution < -0.4 is 5.32 Å². The molecule has 0 aliphatic rings. The van der Waals surface area contributed by atoms with Crippen LogP contribution in [0, 0.1) is 0 Å². The average molecular weight is 328 g/mol. The quantitative estimate of drug-likeness (QED) is 0.586. The van der Waals surface area contributed by atoms with Gasteiger partial charge in [-0.3, -0.25) is 4.98 Å². The molecule has 0 saturated heterocycles. The second-order valence-electron chi connectivity index (χ2n) is 5.50. The molecule has 0 amide bonds. The number of aromatic amines is 1. The van der Waals surface area contributed by atoms with E-state index in [1.807, 2.05) is 60.8 Å². The maximum Gasteiger partial charge on any atom is 0.183 e. The molecule has 0 bridgehead atoms. The number of pyridine rings is 1. The van der Waals surface area contributed by atoms with Gasteiger partial charge in [0.05, 0.1) is 0 Å². The molecule has 0 unspecified atom stereocenters. The highest BCUT2D eigenvalue weighted by Crippen LogP contribution is 2.18. The van der Waals surface area contributed by atoms with Gasteiger partial charge in [-0.25, -0.2) is 15.0 Å². The zero-order valence-electron chi connectivity index (χ0n) is 13.4. The molecule has 3 heterocycles. The van der Waals surface area contributed by atoms with Gasteiger partial charge in [0, 0.05) is 18.9 Å². The first-order valence-corrected chi connectivity index (χ1v) is 7.95. The van der Waals surface area contributed by atoms with E-state index >= 15 is 0 Å². The van der Waals surface area contributed by atoms with Crippen molar-refractivity contribution in [3.05, 3.63) is 78.1 Å². The summed E-state index contributed by atoms with van der Waals surface area (Å²) in [5.41, 5.74) is 3.62. The SMILES string of the molecule is C(=C\c1nc2ncnc(NCc3cccnc3)c2[nH]1)/c1ccccc1. The fourth-order valence-corrected chi connectivity index (χ4v) is 2.49.